The minimum atomic E-state index is -3.63. The molecule has 1 aromatic heterocycles. The highest BCUT2D eigenvalue weighted by atomic mass is 32.2. The van der Waals surface area contributed by atoms with Crippen molar-refractivity contribution in [2.75, 3.05) is 19.8 Å². The zero-order valence-corrected chi connectivity index (χ0v) is 15.2. The number of ether oxygens (including phenoxy) is 1. The zero-order chi connectivity index (χ0) is 17.3. The van der Waals surface area contributed by atoms with Crippen molar-refractivity contribution >= 4 is 31.6 Å². The Hall–Kier alpha value is -1.80. The van der Waals surface area contributed by atoms with Crippen LogP contribution >= 0.6 is 11.3 Å². The molecule has 0 bridgehead atoms. The molecule has 0 saturated carbocycles. The summed E-state index contributed by atoms with van der Waals surface area (Å²) in [5.74, 6) is 0. The Morgan fingerprint density at radius 3 is 2.68 bits per heavy atom. The van der Waals surface area contributed by atoms with Gasteiger partial charge in [0.25, 0.3) is 10.0 Å². The van der Waals surface area contributed by atoms with E-state index in [-0.39, 0.29) is 10.4 Å². The van der Waals surface area contributed by atoms with Gasteiger partial charge in [-0.2, -0.15) is 4.31 Å². The molecule has 0 N–H and O–H groups in total. The Balaban J connectivity index is 1.66. The summed E-state index contributed by atoms with van der Waals surface area (Å²) in [6.45, 7) is 1.17. The SMILES string of the molecule is O=S(=O)(c1nc2ccccc2s1)N1CCOC[C@H]1Cc1ccccc1. The van der Waals surface area contributed by atoms with Crippen LogP contribution in [-0.2, 0) is 21.2 Å². The van der Waals surface area contributed by atoms with Gasteiger partial charge in [-0.3, -0.25) is 0 Å². The van der Waals surface area contributed by atoms with Gasteiger partial charge in [0.05, 0.1) is 29.5 Å². The van der Waals surface area contributed by atoms with E-state index in [9.17, 15) is 8.42 Å². The molecule has 7 heteroatoms. The number of benzene rings is 2. The molecule has 0 spiro atoms. The second-order valence-corrected chi connectivity index (χ2v) is 9.08. The molecular weight excluding hydrogens is 356 g/mol. The molecule has 1 aliphatic heterocycles. The number of hydrogen-bond acceptors (Lipinski definition) is 5. The van der Waals surface area contributed by atoms with Crippen molar-refractivity contribution < 1.29 is 13.2 Å². The van der Waals surface area contributed by atoms with Gasteiger partial charge in [-0.05, 0) is 24.1 Å². The maximum absolute atomic E-state index is 13.2. The van der Waals surface area contributed by atoms with Crippen LogP contribution in [0, 0.1) is 0 Å². The quantitative estimate of drug-likeness (QED) is 0.704. The van der Waals surface area contributed by atoms with Gasteiger partial charge in [0.15, 0.2) is 0 Å². The molecule has 2 aromatic carbocycles. The third-order valence-corrected chi connectivity index (χ3v) is 7.64. The molecule has 2 heterocycles. The summed E-state index contributed by atoms with van der Waals surface area (Å²) >= 11 is 1.22. The first-order valence-electron chi connectivity index (χ1n) is 8.14. The first-order valence-corrected chi connectivity index (χ1v) is 10.4. The molecule has 0 amide bonds. The van der Waals surface area contributed by atoms with Crippen molar-refractivity contribution in [2.45, 2.75) is 16.8 Å². The summed E-state index contributed by atoms with van der Waals surface area (Å²) in [5.41, 5.74) is 1.82. The molecule has 1 aliphatic rings. The minimum absolute atomic E-state index is 0.161. The van der Waals surface area contributed by atoms with Crippen LogP contribution in [0.25, 0.3) is 10.2 Å². The van der Waals surface area contributed by atoms with Crippen molar-refractivity contribution in [2.24, 2.45) is 0 Å². The fraction of sp³-hybridized carbons (Fsp3) is 0.278. The molecule has 3 aromatic rings. The van der Waals surface area contributed by atoms with Crippen LogP contribution in [0.5, 0.6) is 0 Å². The van der Waals surface area contributed by atoms with E-state index in [1.807, 2.05) is 54.6 Å². The van der Waals surface area contributed by atoms with Crippen LogP contribution in [-0.4, -0.2) is 43.5 Å². The van der Waals surface area contributed by atoms with Crippen molar-refractivity contribution in [3.8, 4) is 0 Å². The highest BCUT2D eigenvalue weighted by molar-refractivity contribution is 7.91. The monoisotopic (exact) mass is 374 g/mol. The van der Waals surface area contributed by atoms with E-state index in [2.05, 4.69) is 4.98 Å². The summed E-state index contributed by atoms with van der Waals surface area (Å²) in [6, 6.07) is 17.2. The number of rotatable bonds is 4. The second kappa shape index (κ2) is 6.84. The molecule has 1 fully saturated rings. The van der Waals surface area contributed by atoms with E-state index in [1.54, 1.807) is 4.31 Å². The standard InChI is InChI=1S/C18H18N2O3S2/c21-25(22,18-19-16-8-4-5-9-17(16)24-18)20-10-11-23-13-15(20)12-14-6-2-1-3-7-14/h1-9,15H,10-13H2/t15-/m1/s1. The summed E-state index contributed by atoms with van der Waals surface area (Å²) in [7, 11) is -3.63. The van der Waals surface area contributed by atoms with Crippen LogP contribution in [0.2, 0.25) is 0 Å². The minimum Gasteiger partial charge on any atom is -0.378 e. The molecule has 25 heavy (non-hydrogen) atoms. The van der Waals surface area contributed by atoms with Crippen molar-refractivity contribution in [3.05, 3.63) is 60.2 Å². The molecule has 0 unspecified atom stereocenters. The lowest BCUT2D eigenvalue weighted by Crippen LogP contribution is -2.49. The fourth-order valence-corrected chi connectivity index (χ4v) is 6.00. The Morgan fingerprint density at radius 1 is 1.12 bits per heavy atom. The van der Waals surface area contributed by atoms with Gasteiger partial charge in [0, 0.05) is 6.54 Å². The predicted molar refractivity (Wildman–Crippen MR) is 98.3 cm³/mol. The van der Waals surface area contributed by atoms with Gasteiger partial charge in [-0.25, -0.2) is 13.4 Å². The highest BCUT2D eigenvalue weighted by Gasteiger charge is 2.36. The number of hydrogen-bond donors (Lipinski definition) is 0. The number of aromatic nitrogens is 1. The molecule has 1 atom stereocenters. The summed E-state index contributed by atoms with van der Waals surface area (Å²) in [4.78, 5) is 4.35. The van der Waals surface area contributed by atoms with Crippen LogP contribution < -0.4 is 0 Å². The Bertz CT molecular complexity index is 937. The topological polar surface area (TPSA) is 59.5 Å². The van der Waals surface area contributed by atoms with Crippen molar-refractivity contribution in [1.82, 2.24) is 9.29 Å². The van der Waals surface area contributed by atoms with Crippen LogP contribution in [0.1, 0.15) is 5.56 Å². The summed E-state index contributed by atoms with van der Waals surface area (Å²) < 4.78 is 34.5. The molecule has 1 saturated heterocycles. The Morgan fingerprint density at radius 2 is 1.88 bits per heavy atom. The third kappa shape index (κ3) is 3.32. The smallest absolute Gasteiger partial charge is 0.270 e. The van der Waals surface area contributed by atoms with E-state index in [0.717, 1.165) is 15.8 Å². The Kier molecular flexibility index (Phi) is 4.56. The van der Waals surface area contributed by atoms with Gasteiger partial charge in [-0.15, -0.1) is 11.3 Å². The predicted octanol–water partition coefficient (Wildman–Crippen LogP) is 2.93. The second-order valence-electron chi connectivity index (χ2n) is 5.98. The fourth-order valence-electron chi connectivity index (χ4n) is 3.06. The van der Waals surface area contributed by atoms with E-state index in [0.29, 0.717) is 26.2 Å². The normalized spacial score (nSPS) is 19.3. The van der Waals surface area contributed by atoms with Crippen LogP contribution in [0.4, 0.5) is 0 Å². The van der Waals surface area contributed by atoms with Gasteiger partial charge in [0.2, 0.25) is 4.34 Å². The number of sulfonamides is 1. The average molecular weight is 374 g/mol. The number of para-hydroxylation sites is 1. The van der Waals surface area contributed by atoms with Crippen LogP contribution in [0.3, 0.4) is 0 Å². The average Bonchev–Trinajstić information content (AvgIpc) is 3.08. The lowest BCUT2D eigenvalue weighted by atomic mass is 10.1. The third-order valence-electron chi connectivity index (χ3n) is 4.29. The number of thiazole rings is 1. The molecular formula is C18H18N2O3S2. The number of fused-ring (bicyclic) bond motifs is 1. The molecule has 130 valence electrons. The van der Waals surface area contributed by atoms with Gasteiger partial charge in [0.1, 0.15) is 0 Å². The lowest BCUT2D eigenvalue weighted by Gasteiger charge is -2.33. The Labute approximate surface area is 150 Å². The van der Waals surface area contributed by atoms with E-state index in [4.69, 9.17) is 4.74 Å². The molecule has 4 rings (SSSR count). The lowest BCUT2D eigenvalue weighted by molar-refractivity contribution is 0.0328. The van der Waals surface area contributed by atoms with E-state index < -0.39 is 10.0 Å². The maximum Gasteiger partial charge on any atom is 0.270 e. The molecule has 0 aliphatic carbocycles. The largest absolute Gasteiger partial charge is 0.378 e. The molecule has 5 nitrogen and oxygen atoms in total. The van der Waals surface area contributed by atoms with Crippen molar-refractivity contribution in [3.63, 3.8) is 0 Å². The van der Waals surface area contributed by atoms with E-state index in [1.165, 1.54) is 11.3 Å². The van der Waals surface area contributed by atoms with Crippen molar-refractivity contribution in [1.29, 1.82) is 0 Å². The molecule has 0 radical (unpaired) electrons. The summed E-state index contributed by atoms with van der Waals surface area (Å²) in [6.07, 6.45) is 0.630. The zero-order valence-electron chi connectivity index (χ0n) is 13.5. The first-order chi connectivity index (χ1) is 12.1. The van der Waals surface area contributed by atoms with Gasteiger partial charge in [-0.1, -0.05) is 42.5 Å². The first kappa shape index (κ1) is 16.7. The van der Waals surface area contributed by atoms with Crippen LogP contribution in [0.15, 0.2) is 58.9 Å². The highest BCUT2D eigenvalue weighted by Crippen LogP contribution is 2.29. The number of nitrogens with zero attached hydrogens (tertiary/aromatic N) is 2. The van der Waals surface area contributed by atoms with Gasteiger partial charge >= 0.3 is 0 Å². The van der Waals surface area contributed by atoms with E-state index >= 15 is 0 Å². The number of morpholine rings is 1. The van der Waals surface area contributed by atoms with Gasteiger partial charge < -0.3 is 4.74 Å². The summed E-state index contributed by atoms with van der Waals surface area (Å²) in [5, 5.41) is 0. The maximum atomic E-state index is 13.2.